The van der Waals surface area contributed by atoms with Crippen LogP contribution in [-0.2, 0) is 0 Å². The molecule has 0 heterocycles. The molecule has 0 saturated carbocycles. The highest BCUT2D eigenvalue weighted by molar-refractivity contribution is 9.10. The lowest BCUT2D eigenvalue weighted by Gasteiger charge is -2.16. The number of carbonyl (C=O) groups excluding carboxylic acids is 1. The number of halogens is 2. The molecular weight excluding hydrogens is 317 g/mol. The minimum absolute atomic E-state index is 0.0589. The number of oxime groups is 1. The number of carbonyl (C=O) groups is 1. The fourth-order valence-corrected chi connectivity index (χ4v) is 1.91. The van der Waals surface area contributed by atoms with Crippen LogP contribution in [0.25, 0.3) is 0 Å². The van der Waals surface area contributed by atoms with Crippen LogP contribution in [0, 0.1) is 5.82 Å². The second kappa shape index (κ2) is 7.08. The SMILES string of the molecule is CCCC(NC(=O)c1ccc(F)c(Br)c1)/C(N)=N/O. The second-order valence-corrected chi connectivity index (χ2v) is 4.82. The Morgan fingerprint density at radius 2 is 2.32 bits per heavy atom. The van der Waals surface area contributed by atoms with Gasteiger partial charge in [-0.05, 0) is 40.5 Å². The average molecular weight is 332 g/mol. The third-order valence-corrected chi connectivity index (χ3v) is 3.14. The van der Waals surface area contributed by atoms with E-state index in [2.05, 4.69) is 26.4 Å². The molecule has 0 aliphatic rings. The van der Waals surface area contributed by atoms with Gasteiger partial charge in [-0.25, -0.2) is 4.39 Å². The third-order valence-electron chi connectivity index (χ3n) is 2.54. The molecule has 1 rings (SSSR count). The maximum absolute atomic E-state index is 13.1. The standard InChI is InChI=1S/C12H15BrFN3O2/c1-2-3-10(11(15)17-19)16-12(18)7-4-5-9(14)8(13)6-7/h4-6,10,19H,2-3H2,1H3,(H2,15,17)(H,16,18). The molecule has 1 unspecified atom stereocenters. The van der Waals surface area contributed by atoms with Crippen LogP contribution in [0.3, 0.4) is 0 Å². The molecule has 7 heteroatoms. The van der Waals surface area contributed by atoms with Crippen molar-refractivity contribution in [3.8, 4) is 0 Å². The Bertz CT molecular complexity index is 494. The first-order valence-corrected chi connectivity index (χ1v) is 6.52. The average Bonchev–Trinajstić information content (AvgIpc) is 2.40. The first kappa shape index (κ1) is 15.4. The zero-order chi connectivity index (χ0) is 14.4. The fourth-order valence-electron chi connectivity index (χ4n) is 1.53. The Labute approximate surface area is 118 Å². The van der Waals surface area contributed by atoms with Gasteiger partial charge in [0, 0.05) is 5.56 Å². The summed E-state index contributed by atoms with van der Waals surface area (Å²) in [4.78, 5) is 12.0. The molecule has 0 aromatic heterocycles. The number of rotatable bonds is 5. The molecule has 0 aliphatic heterocycles. The van der Waals surface area contributed by atoms with Gasteiger partial charge in [0.05, 0.1) is 10.5 Å². The lowest BCUT2D eigenvalue weighted by atomic mass is 10.1. The van der Waals surface area contributed by atoms with E-state index in [1.165, 1.54) is 18.2 Å². The summed E-state index contributed by atoms with van der Waals surface area (Å²) < 4.78 is 13.3. The van der Waals surface area contributed by atoms with Crippen molar-refractivity contribution in [1.29, 1.82) is 0 Å². The number of amidine groups is 1. The van der Waals surface area contributed by atoms with Crippen molar-refractivity contribution < 1.29 is 14.4 Å². The number of benzene rings is 1. The molecule has 5 nitrogen and oxygen atoms in total. The van der Waals surface area contributed by atoms with Crippen LogP contribution < -0.4 is 11.1 Å². The Morgan fingerprint density at radius 1 is 1.63 bits per heavy atom. The van der Waals surface area contributed by atoms with Crippen LogP contribution in [-0.4, -0.2) is 23.0 Å². The molecule has 0 fully saturated rings. The minimum Gasteiger partial charge on any atom is -0.409 e. The van der Waals surface area contributed by atoms with E-state index in [1.54, 1.807) is 0 Å². The molecular formula is C12H15BrFN3O2. The monoisotopic (exact) mass is 331 g/mol. The van der Waals surface area contributed by atoms with Gasteiger partial charge in [0.15, 0.2) is 5.84 Å². The number of hydrogen-bond acceptors (Lipinski definition) is 3. The summed E-state index contributed by atoms with van der Waals surface area (Å²) in [5.41, 5.74) is 5.79. The van der Waals surface area contributed by atoms with E-state index in [0.717, 1.165) is 6.42 Å². The summed E-state index contributed by atoms with van der Waals surface area (Å²) >= 11 is 3.01. The van der Waals surface area contributed by atoms with Gasteiger partial charge in [0.1, 0.15) is 5.82 Å². The zero-order valence-corrected chi connectivity index (χ0v) is 11.9. The highest BCUT2D eigenvalue weighted by Gasteiger charge is 2.17. The number of hydrogen-bond donors (Lipinski definition) is 3. The van der Waals surface area contributed by atoms with Gasteiger partial charge in [0.2, 0.25) is 0 Å². The van der Waals surface area contributed by atoms with Crippen LogP contribution >= 0.6 is 15.9 Å². The van der Waals surface area contributed by atoms with E-state index in [-0.39, 0.29) is 10.3 Å². The van der Waals surface area contributed by atoms with E-state index in [9.17, 15) is 9.18 Å². The molecule has 1 atom stereocenters. The second-order valence-electron chi connectivity index (χ2n) is 3.97. The van der Waals surface area contributed by atoms with Crippen molar-refractivity contribution in [3.05, 3.63) is 34.1 Å². The number of amides is 1. The quantitative estimate of drug-likeness (QED) is 0.334. The predicted molar refractivity (Wildman–Crippen MR) is 73.7 cm³/mol. The maximum Gasteiger partial charge on any atom is 0.251 e. The van der Waals surface area contributed by atoms with Crippen molar-refractivity contribution >= 4 is 27.7 Å². The molecule has 0 radical (unpaired) electrons. The number of nitrogens with one attached hydrogen (secondary N) is 1. The van der Waals surface area contributed by atoms with E-state index in [4.69, 9.17) is 10.9 Å². The predicted octanol–water partition coefficient (Wildman–Crippen LogP) is 2.23. The third kappa shape index (κ3) is 4.20. The summed E-state index contributed by atoms with van der Waals surface area (Å²) in [5, 5.41) is 14.2. The molecule has 0 spiro atoms. The highest BCUT2D eigenvalue weighted by Crippen LogP contribution is 2.17. The number of nitrogens with two attached hydrogens (primary N) is 1. The van der Waals surface area contributed by atoms with Gasteiger partial charge in [0.25, 0.3) is 5.91 Å². The first-order valence-electron chi connectivity index (χ1n) is 5.73. The largest absolute Gasteiger partial charge is 0.409 e. The van der Waals surface area contributed by atoms with Gasteiger partial charge in [-0.3, -0.25) is 4.79 Å². The lowest BCUT2D eigenvalue weighted by molar-refractivity contribution is 0.0944. The minimum atomic E-state index is -0.550. The maximum atomic E-state index is 13.1. The topological polar surface area (TPSA) is 87.7 Å². The van der Waals surface area contributed by atoms with Crippen LogP contribution in [0.5, 0.6) is 0 Å². The summed E-state index contributed by atoms with van der Waals surface area (Å²) in [7, 11) is 0. The lowest BCUT2D eigenvalue weighted by Crippen LogP contribution is -2.44. The summed E-state index contributed by atoms with van der Waals surface area (Å²) in [5.74, 6) is -0.916. The van der Waals surface area contributed by atoms with Crippen molar-refractivity contribution in [2.75, 3.05) is 0 Å². The zero-order valence-electron chi connectivity index (χ0n) is 10.4. The van der Waals surface area contributed by atoms with Crippen LogP contribution in [0.2, 0.25) is 0 Å². The summed E-state index contributed by atoms with van der Waals surface area (Å²) in [6.45, 7) is 1.91. The van der Waals surface area contributed by atoms with E-state index in [1.807, 2.05) is 6.92 Å². The smallest absolute Gasteiger partial charge is 0.251 e. The van der Waals surface area contributed by atoms with Gasteiger partial charge < -0.3 is 16.3 Å². The molecule has 1 amide bonds. The van der Waals surface area contributed by atoms with Gasteiger partial charge in [-0.15, -0.1) is 0 Å². The number of nitrogens with zero attached hydrogens (tertiary/aromatic N) is 1. The first-order chi connectivity index (χ1) is 8.99. The molecule has 1 aromatic carbocycles. The van der Waals surface area contributed by atoms with Crippen LogP contribution in [0.15, 0.2) is 27.8 Å². The summed E-state index contributed by atoms with van der Waals surface area (Å²) in [6, 6.07) is 3.38. The van der Waals surface area contributed by atoms with E-state index >= 15 is 0 Å². The molecule has 104 valence electrons. The Hall–Kier alpha value is -1.63. The molecule has 0 aliphatic carbocycles. The van der Waals surface area contributed by atoms with Gasteiger partial charge >= 0.3 is 0 Å². The molecule has 19 heavy (non-hydrogen) atoms. The van der Waals surface area contributed by atoms with Crippen LogP contribution in [0.1, 0.15) is 30.1 Å². The van der Waals surface area contributed by atoms with Crippen molar-refractivity contribution in [2.45, 2.75) is 25.8 Å². The summed E-state index contributed by atoms with van der Waals surface area (Å²) in [6.07, 6.45) is 1.30. The molecule has 1 aromatic rings. The van der Waals surface area contributed by atoms with Gasteiger partial charge in [-0.1, -0.05) is 18.5 Å². The highest BCUT2D eigenvalue weighted by atomic mass is 79.9. The fraction of sp³-hybridized carbons (Fsp3) is 0.333. The molecule has 0 saturated heterocycles. The van der Waals surface area contributed by atoms with Crippen molar-refractivity contribution in [3.63, 3.8) is 0 Å². The Balaban J connectivity index is 2.84. The molecule has 0 bridgehead atoms. The molecule has 4 N–H and O–H groups in total. The Kier molecular flexibility index (Phi) is 5.75. The van der Waals surface area contributed by atoms with Crippen molar-refractivity contribution in [2.24, 2.45) is 10.9 Å². The van der Waals surface area contributed by atoms with Crippen molar-refractivity contribution in [1.82, 2.24) is 5.32 Å². The van der Waals surface area contributed by atoms with Gasteiger partial charge in [-0.2, -0.15) is 0 Å². The van der Waals surface area contributed by atoms with E-state index < -0.39 is 17.8 Å². The van der Waals surface area contributed by atoms with Crippen LogP contribution in [0.4, 0.5) is 4.39 Å². The Morgan fingerprint density at radius 3 is 2.84 bits per heavy atom. The van der Waals surface area contributed by atoms with E-state index in [0.29, 0.717) is 12.0 Å². The normalized spacial score (nSPS) is 13.1.